The molecule has 0 saturated carbocycles. The van der Waals surface area contributed by atoms with Crippen LogP contribution in [0.5, 0.6) is 0 Å². The highest BCUT2D eigenvalue weighted by atomic mass is 19.1. The van der Waals surface area contributed by atoms with Gasteiger partial charge in [0.1, 0.15) is 5.82 Å². The smallest absolute Gasteiger partial charge is 0.134 e. The van der Waals surface area contributed by atoms with E-state index in [0.717, 1.165) is 16.9 Å². The van der Waals surface area contributed by atoms with Crippen molar-refractivity contribution in [3.8, 4) is 0 Å². The number of aliphatic imine (C=N–C) groups is 1. The van der Waals surface area contributed by atoms with Crippen molar-refractivity contribution >= 4 is 23.2 Å². The van der Waals surface area contributed by atoms with Gasteiger partial charge in [-0.2, -0.15) is 0 Å². The predicted molar refractivity (Wildman–Crippen MR) is 106 cm³/mol. The summed E-state index contributed by atoms with van der Waals surface area (Å²) < 4.78 is 14.6. The molecular formula is C22H25FN2. The summed E-state index contributed by atoms with van der Waals surface area (Å²) in [6.07, 6.45) is 3.84. The molecule has 3 heteroatoms. The molecule has 3 rings (SSSR count). The quantitative estimate of drug-likeness (QED) is 0.630. The number of nitrogens with zero attached hydrogens (tertiary/aromatic N) is 2. The van der Waals surface area contributed by atoms with Gasteiger partial charge in [0.2, 0.25) is 0 Å². The van der Waals surface area contributed by atoms with Crippen molar-refractivity contribution < 1.29 is 4.39 Å². The first kappa shape index (κ1) is 17.4. The van der Waals surface area contributed by atoms with Gasteiger partial charge in [-0.1, -0.05) is 12.1 Å². The van der Waals surface area contributed by atoms with Gasteiger partial charge in [0, 0.05) is 30.1 Å². The van der Waals surface area contributed by atoms with E-state index in [9.17, 15) is 4.39 Å². The highest BCUT2D eigenvalue weighted by Crippen LogP contribution is 2.38. The number of allylic oxidation sites excluding steroid dienone is 1. The molecule has 1 heterocycles. The van der Waals surface area contributed by atoms with E-state index in [4.69, 9.17) is 0 Å². The molecule has 0 aromatic heterocycles. The first-order valence-corrected chi connectivity index (χ1v) is 8.57. The number of halogens is 1. The zero-order valence-electron chi connectivity index (χ0n) is 15.8. The lowest BCUT2D eigenvalue weighted by Crippen LogP contribution is -2.42. The standard InChI is InChI=1S/C22H25FN2/c1-14-7-8-18(9-15(14)2)24-13-17-10-19-16(3)12-22(4,5)25(6)21(19)11-20(17)23/h7-13H,1-6H3. The minimum absolute atomic E-state index is 0.126. The summed E-state index contributed by atoms with van der Waals surface area (Å²) in [5, 5.41) is 0. The Balaban J connectivity index is 2.01. The molecule has 130 valence electrons. The Kier molecular flexibility index (Phi) is 4.28. The lowest BCUT2D eigenvalue weighted by Gasteiger charge is -2.40. The predicted octanol–water partition coefficient (Wildman–Crippen LogP) is 5.82. The molecule has 0 radical (unpaired) electrons. The second-order valence-electron chi connectivity index (χ2n) is 7.46. The summed E-state index contributed by atoms with van der Waals surface area (Å²) in [7, 11) is 2.00. The van der Waals surface area contributed by atoms with E-state index in [1.54, 1.807) is 12.3 Å². The third-order valence-corrected chi connectivity index (χ3v) is 5.18. The Labute approximate surface area is 149 Å². The van der Waals surface area contributed by atoms with E-state index in [1.807, 2.05) is 31.3 Å². The van der Waals surface area contributed by atoms with E-state index in [-0.39, 0.29) is 11.4 Å². The molecule has 2 aromatic rings. The van der Waals surface area contributed by atoms with Gasteiger partial charge in [-0.25, -0.2) is 4.39 Å². The second kappa shape index (κ2) is 6.14. The zero-order chi connectivity index (χ0) is 18.4. The molecule has 0 fully saturated rings. The third-order valence-electron chi connectivity index (χ3n) is 5.18. The van der Waals surface area contributed by atoms with E-state index in [0.29, 0.717) is 5.56 Å². The van der Waals surface area contributed by atoms with Crippen molar-refractivity contribution in [3.63, 3.8) is 0 Å². The van der Waals surface area contributed by atoms with E-state index in [1.165, 1.54) is 16.7 Å². The first-order valence-electron chi connectivity index (χ1n) is 8.57. The average Bonchev–Trinajstić information content (AvgIpc) is 2.54. The Morgan fingerprint density at radius 2 is 1.76 bits per heavy atom. The summed E-state index contributed by atoms with van der Waals surface area (Å²) in [5.41, 5.74) is 6.78. The molecule has 2 aromatic carbocycles. The van der Waals surface area contributed by atoms with Crippen molar-refractivity contribution in [1.82, 2.24) is 0 Å². The van der Waals surface area contributed by atoms with Crippen LogP contribution in [-0.2, 0) is 0 Å². The highest BCUT2D eigenvalue weighted by Gasteiger charge is 2.29. The molecule has 25 heavy (non-hydrogen) atoms. The fourth-order valence-corrected chi connectivity index (χ4v) is 3.24. The van der Waals surface area contributed by atoms with Gasteiger partial charge >= 0.3 is 0 Å². The Morgan fingerprint density at radius 3 is 2.44 bits per heavy atom. The molecule has 1 aliphatic rings. The number of rotatable bonds is 2. The van der Waals surface area contributed by atoms with E-state index >= 15 is 0 Å². The summed E-state index contributed by atoms with van der Waals surface area (Å²) in [4.78, 5) is 6.58. The number of fused-ring (bicyclic) bond motifs is 1. The van der Waals surface area contributed by atoms with Crippen LogP contribution in [0.25, 0.3) is 5.57 Å². The largest absolute Gasteiger partial charge is 0.365 e. The monoisotopic (exact) mass is 336 g/mol. The molecule has 0 N–H and O–H groups in total. The fraction of sp³-hybridized carbons (Fsp3) is 0.318. The summed E-state index contributed by atoms with van der Waals surface area (Å²) in [6, 6.07) is 9.53. The topological polar surface area (TPSA) is 15.6 Å². The Bertz CT molecular complexity index is 891. The van der Waals surface area contributed by atoms with E-state index in [2.05, 4.69) is 50.6 Å². The maximum atomic E-state index is 14.6. The van der Waals surface area contributed by atoms with Crippen LogP contribution in [0.4, 0.5) is 15.8 Å². The van der Waals surface area contributed by atoms with Gasteiger partial charge in [-0.3, -0.25) is 4.99 Å². The zero-order valence-corrected chi connectivity index (χ0v) is 15.8. The number of anilines is 1. The number of aryl methyl sites for hydroxylation is 2. The molecule has 0 atom stereocenters. The summed E-state index contributed by atoms with van der Waals surface area (Å²) >= 11 is 0. The lowest BCUT2D eigenvalue weighted by atomic mass is 9.88. The molecule has 0 amide bonds. The molecule has 0 unspecified atom stereocenters. The minimum atomic E-state index is -0.247. The van der Waals surface area contributed by atoms with Crippen LogP contribution in [0.15, 0.2) is 41.4 Å². The van der Waals surface area contributed by atoms with E-state index < -0.39 is 0 Å². The summed E-state index contributed by atoms with van der Waals surface area (Å²) in [5.74, 6) is -0.247. The van der Waals surface area contributed by atoms with Crippen LogP contribution in [0, 0.1) is 19.7 Å². The number of hydrogen-bond donors (Lipinski definition) is 0. The molecule has 0 spiro atoms. The van der Waals surface area contributed by atoms with Crippen LogP contribution < -0.4 is 4.90 Å². The molecular weight excluding hydrogens is 311 g/mol. The minimum Gasteiger partial charge on any atom is -0.365 e. The Hall–Kier alpha value is -2.42. The summed E-state index contributed by atoms with van der Waals surface area (Å²) in [6.45, 7) is 10.5. The fourth-order valence-electron chi connectivity index (χ4n) is 3.24. The molecule has 0 aliphatic carbocycles. The SMILES string of the molecule is CC1=CC(C)(C)N(C)c2cc(F)c(C=Nc3ccc(C)c(C)c3)cc21. The number of benzene rings is 2. The van der Waals surface area contributed by atoms with Crippen LogP contribution in [0.1, 0.15) is 43.0 Å². The molecule has 0 bridgehead atoms. The van der Waals surface area contributed by atoms with Gasteiger partial charge in [0.15, 0.2) is 0 Å². The van der Waals surface area contributed by atoms with Gasteiger partial charge in [0.05, 0.1) is 11.2 Å². The molecule has 2 nitrogen and oxygen atoms in total. The average molecular weight is 336 g/mol. The first-order chi connectivity index (χ1) is 11.7. The van der Waals surface area contributed by atoms with Gasteiger partial charge < -0.3 is 4.90 Å². The maximum Gasteiger partial charge on any atom is 0.134 e. The highest BCUT2D eigenvalue weighted by molar-refractivity contribution is 5.89. The third kappa shape index (κ3) is 3.23. The van der Waals surface area contributed by atoms with Crippen LogP contribution >= 0.6 is 0 Å². The lowest BCUT2D eigenvalue weighted by molar-refractivity contribution is 0.589. The van der Waals surface area contributed by atoms with Crippen LogP contribution in [0.2, 0.25) is 0 Å². The van der Waals surface area contributed by atoms with Crippen molar-refractivity contribution in [2.45, 2.75) is 40.2 Å². The number of likely N-dealkylation sites (N-methyl/N-ethyl adjacent to an activating group) is 1. The molecule has 1 aliphatic heterocycles. The van der Waals surface area contributed by atoms with Gasteiger partial charge in [-0.05, 0) is 75.6 Å². The maximum absolute atomic E-state index is 14.6. The van der Waals surface area contributed by atoms with Gasteiger partial charge in [0.25, 0.3) is 0 Å². The number of hydrogen-bond acceptors (Lipinski definition) is 2. The molecule has 0 saturated heterocycles. The van der Waals surface area contributed by atoms with Crippen LogP contribution in [-0.4, -0.2) is 18.8 Å². The van der Waals surface area contributed by atoms with Crippen molar-refractivity contribution in [2.24, 2.45) is 4.99 Å². The van der Waals surface area contributed by atoms with Gasteiger partial charge in [-0.15, -0.1) is 0 Å². The van der Waals surface area contributed by atoms with Crippen molar-refractivity contribution in [1.29, 1.82) is 0 Å². The van der Waals surface area contributed by atoms with Crippen molar-refractivity contribution in [3.05, 3.63) is 64.5 Å². The Morgan fingerprint density at radius 1 is 1.04 bits per heavy atom. The normalized spacial score (nSPS) is 16.1. The van der Waals surface area contributed by atoms with Crippen molar-refractivity contribution in [2.75, 3.05) is 11.9 Å². The van der Waals surface area contributed by atoms with Crippen LogP contribution in [0.3, 0.4) is 0 Å². The second-order valence-corrected chi connectivity index (χ2v) is 7.46.